The lowest BCUT2D eigenvalue weighted by Crippen LogP contribution is -2.15. The third-order valence-electron chi connectivity index (χ3n) is 8.72. The maximum atomic E-state index is 2.37. The van der Waals surface area contributed by atoms with Gasteiger partial charge in [-0.15, -0.1) is 0 Å². The first-order valence-electron chi connectivity index (χ1n) is 16.3. The van der Waals surface area contributed by atoms with E-state index < -0.39 is 0 Å². The minimum atomic E-state index is 0.849. The maximum absolute atomic E-state index is 2.37. The highest BCUT2D eigenvalue weighted by molar-refractivity contribution is 5.88. The van der Waals surface area contributed by atoms with E-state index in [4.69, 9.17) is 0 Å². The summed E-state index contributed by atoms with van der Waals surface area (Å²) < 4.78 is 0. The molecule has 0 fully saturated rings. The lowest BCUT2D eigenvalue weighted by atomic mass is 9.93. The third kappa shape index (κ3) is 6.57. The van der Waals surface area contributed by atoms with Gasteiger partial charge in [-0.3, -0.25) is 0 Å². The molecule has 0 spiro atoms. The van der Waals surface area contributed by atoms with Gasteiger partial charge in [-0.25, -0.2) is 0 Å². The molecule has 7 aromatic carbocycles. The van der Waals surface area contributed by atoms with Gasteiger partial charge in [0.15, 0.2) is 0 Å². The molecule has 0 aromatic heterocycles. The molecular formula is C46H37N. The quantitative estimate of drug-likeness (QED) is 0.148. The van der Waals surface area contributed by atoms with E-state index in [9.17, 15) is 0 Å². The fourth-order valence-corrected chi connectivity index (χ4v) is 6.36. The summed E-state index contributed by atoms with van der Waals surface area (Å²) in [5, 5.41) is 2.58. The van der Waals surface area contributed by atoms with E-state index in [2.05, 4.69) is 206 Å². The zero-order valence-corrected chi connectivity index (χ0v) is 26.6. The first-order valence-corrected chi connectivity index (χ1v) is 16.3. The van der Waals surface area contributed by atoms with Gasteiger partial charge >= 0.3 is 0 Å². The van der Waals surface area contributed by atoms with Crippen LogP contribution in [0.3, 0.4) is 0 Å². The number of allylic oxidation sites excluding steroid dienone is 3. The summed E-state index contributed by atoms with van der Waals surface area (Å²) in [5.74, 6) is 0. The average molecular weight is 604 g/mol. The van der Waals surface area contributed by atoms with E-state index in [0.29, 0.717) is 0 Å². The Morgan fingerprint density at radius 3 is 1.72 bits per heavy atom. The van der Waals surface area contributed by atoms with Gasteiger partial charge in [0.2, 0.25) is 0 Å². The van der Waals surface area contributed by atoms with E-state index >= 15 is 0 Å². The van der Waals surface area contributed by atoms with Crippen LogP contribution in [-0.4, -0.2) is 0 Å². The zero-order valence-electron chi connectivity index (χ0n) is 26.6. The molecule has 0 N–H and O–H groups in total. The van der Waals surface area contributed by atoms with E-state index in [-0.39, 0.29) is 0 Å². The first kappa shape index (κ1) is 29.8. The Kier molecular flexibility index (Phi) is 8.88. The Labute approximate surface area is 278 Å². The van der Waals surface area contributed by atoms with E-state index in [1.54, 1.807) is 0 Å². The molecule has 0 atom stereocenters. The van der Waals surface area contributed by atoms with Gasteiger partial charge in [0, 0.05) is 17.1 Å². The van der Waals surface area contributed by atoms with Crippen molar-refractivity contribution in [1.82, 2.24) is 0 Å². The monoisotopic (exact) mass is 603 g/mol. The van der Waals surface area contributed by atoms with Crippen molar-refractivity contribution in [3.05, 3.63) is 205 Å². The molecule has 0 aliphatic rings. The Hall–Kier alpha value is -5.92. The lowest BCUT2D eigenvalue weighted by Gasteiger charge is -2.28. The second-order valence-electron chi connectivity index (χ2n) is 11.7. The van der Waals surface area contributed by atoms with Crippen LogP contribution in [0.25, 0.3) is 44.2 Å². The van der Waals surface area contributed by atoms with E-state index in [1.165, 1.54) is 49.7 Å². The minimum Gasteiger partial charge on any atom is -0.311 e. The molecule has 7 rings (SSSR count). The number of hydrogen-bond donors (Lipinski definition) is 0. The highest BCUT2D eigenvalue weighted by Crippen LogP contribution is 2.39. The van der Waals surface area contributed by atoms with Crippen LogP contribution in [0, 0.1) is 0 Å². The Bertz CT molecular complexity index is 2140. The molecule has 0 saturated carbocycles. The third-order valence-corrected chi connectivity index (χ3v) is 8.72. The summed E-state index contributed by atoms with van der Waals surface area (Å²) in [5.41, 5.74) is 11.9. The molecule has 0 unspecified atom stereocenters. The molecule has 7 aromatic rings. The van der Waals surface area contributed by atoms with Crippen LogP contribution < -0.4 is 4.90 Å². The van der Waals surface area contributed by atoms with Crippen LogP contribution in [-0.2, 0) is 6.42 Å². The average Bonchev–Trinajstić information content (AvgIpc) is 3.15. The topological polar surface area (TPSA) is 3.24 Å². The highest BCUT2D eigenvalue weighted by atomic mass is 15.1. The molecule has 0 amide bonds. The number of rotatable bonds is 9. The van der Waals surface area contributed by atoms with Crippen molar-refractivity contribution in [2.45, 2.75) is 13.3 Å². The van der Waals surface area contributed by atoms with Crippen molar-refractivity contribution in [3.63, 3.8) is 0 Å². The molecular weight excluding hydrogens is 567 g/mol. The van der Waals surface area contributed by atoms with Gasteiger partial charge in [0.25, 0.3) is 0 Å². The van der Waals surface area contributed by atoms with Crippen LogP contribution in [0.15, 0.2) is 200 Å². The molecule has 1 nitrogen and oxygen atoms in total. The van der Waals surface area contributed by atoms with Crippen LogP contribution in [0.4, 0.5) is 11.4 Å². The van der Waals surface area contributed by atoms with Crippen LogP contribution in [0.2, 0.25) is 0 Å². The van der Waals surface area contributed by atoms with Crippen molar-refractivity contribution < 1.29 is 0 Å². The highest BCUT2D eigenvalue weighted by Gasteiger charge is 2.17. The van der Waals surface area contributed by atoms with Gasteiger partial charge in [-0.1, -0.05) is 164 Å². The molecule has 47 heavy (non-hydrogen) atoms. The summed E-state index contributed by atoms with van der Waals surface area (Å²) in [7, 11) is 0. The van der Waals surface area contributed by atoms with Crippen molar-refractivity contribution in [3.8, 4) is 33.4 Å². The fraction of sp³-hybridized carbons (Fsp3) is 0.0435. The molecule has 0 heterocycles. The van der Waals surface area contributed by atoms with Gasteiger partial charge in [0.05, 0.1) is 0 Å². The number of hydrogen-bond acceptors (Lipinski definition) is 1. The Balaban J connectivity index is 1.32. The first-order chi connectivity index (χ1) is 23.3. The second kappa shape index (κ2) is 14.0. The van der Waals surface area contributed by atoms with Crippen molar-refractivity contribution >= 4 is 22.1 Å². The smallest absolute Gasteiger partial charge is 0.0468 e. The second-order valence-corrected chi connectivity index (χ2v) is 11.7. The lowest BCUT2D eigenvalue weighted by molar-refractivity contribution is 1.19. The molecule has 0 aliphatic heterocycles. The molecule has 0 aliphatic carbocycles. The fourth-order valence-electron chi connectivity index (χ4n) is 6.36. The normalized spacial score (nSPS) is 11.6. The zero-order chi connectivity index (χ0) is 31.8. The van der Waals surface area contributed by atoms with E-state index in [1.807, 2.05) is 0 Å². The van der Waals surface area contributed by atoms with Crippen molar-refractivity contribution in [2.24, 2.45) is 0 Å². The summed E-state index contributed by atoms with van der Waals surface area (Å²) in [6.45, 7) is 2.12. The number of nitrogens with zero attached hydrogens (tertiary/aromatic N) is 1. The predicted octanol–water partition coefficient (Wildman–Crippen LogP) is 12.7. The number of benzene rings is 7. The molecule has 0 saturated heterocycles. The van der Waals surface area contributed by atoms with Crippen LogP contribution in [0.1, 0.15) is 12.5 Å². The van der Waals surface area contributed by atoms with Crippen molar-refractivity contribution in [1.29, 1.82) is 0 Å². The van der Waals surface area contributed by atoms with Gasteiger partial charge < -0.3 is 4.90 Å². The van der Waals surface area contributed by atoms with Gasteiger partial charge in [-0.2, -0.15) is 0 Å². The van der Waals surface area contributed by atoms with Gasteiger partial charge in [0.1, 0.15) is 0 Å². The van der Waals surface area contributed by atoms with Crippen molar-refractivity contribution in [2.75, 3.05) is 4.90 Å². The largest absolute Gasteiger partial charge is 0.311 e. The van der Waals surface area contributed by atoms with Gasteiger partial charge in [-0.05, 0) is 93.4 Å². The standard InChI is InChI=1S/C46H37N/c1-2-41(26-15-25-38-24-14-23-37-22-12-13-27-44(37)38)47(42-30-28-36(29-31-42)35-16-6-3-7-17-35)43-32-33-45(39-18-8-4-9-19-39)46(34-43)40-20-10-5-11-21-40/h2-24,26-34H,25H2,1H3/b26-15-,41-2+. The SMILES string of the molecule is C/C=C(\C=C/Cc1cccc2ccccc12)N(c1ccc(-c2ccccc2)cc1)c1ccc(-c2ccccc2)c(-c2ccccc2)c1. The minimum absolute atomic E-state index is 0.849. The molecule has 0 radical (unpaired) electrons. The van der Waals surface area contributed by atoms with Crippen LogP contribution in [0.5, 0.6) is 0 Å². The predicted molar refractivity (Wildman–Crippen MR) is 202 cm³/mol. The molecule has 0 bridgehead atoms. The maximum Gasteiger partial charge on any atom is 0.0468 e. The summed E-state index contributed by atoms with van der Waals surface area (Å²) in [6.07, 6.45) is 7.61. The van der Waals surface area contributed by atoms with E-state index in [0.717, 1.165) is 23.5 Å². The number of anilines is 2. The van der Waals surface area contributed by atoms with Crippen LogP contribution >= 0.6 is 0 Å². The molecule has 1 heteroatoms. The summed E-state index contributed by atoms with van der Waals surface area (Å²) in [6, 6.07) is 62.9. The molecule has 226 valence electrons. The Morgan fingerprint density at radius 1 is 0.489 bits per heavy atom. The summed E-state index contributed by atoms with van der Waals surface area (Å²) >= 11 is 0. The summed E-state index contributed by atoms with van der Waals surface area (Å²) in [4.78, 5) is 2.37. The Morgan fingerprint density at radius 2 is 1.04 bits per heavy atom. The number of fused-ring (bicyclic) bond motifs is 1.